The van der Waals surface area contributed by atoms with Crippen molar-refractivity contribution in [1.29, 1.82) is 0 Å². The van der Waals surface area contributed by atoms with Gasteiger partial charge in [0, 0.05) is 16.6 Å². The Kier molecular flexibility index (Phi) is 8.25. The number of nitrogens with zero attached hydrogens (tertiary/aromatic N) is 3. The van der Waals surface area contributed by atoms with Crippen molar-refractivity contribution in [3.8, 4) is 0 Å². The lowest BCUT2D eigenvalue weighted by molar-refractivity contribution is -0.143. The van der Waals surface area contributed by atoms with E-state index in [4.69, 9.17) is 4.74 Å². The first-order chi connectivity index (χ1) is 17.7. The minimum Gasteiger partial charge on any atom is -0.465 e. The zero-order valence-electron chi connectivity index (χ0n) is 20.1. The van der Waals surface area contributed by atoms with Gasteiger partial charge in [-0.2, -0.15) is 4.99 Å². The molecule has 11 heteroatoms. The van der Waals surface area contributed by atoms with Gasteiger partial charge in [0.25, 0.3) is 15.9 Å². The maximum absolute atomic E-state index is 13.2. The Bertz CT molecular complexity index is 1610. The first-order valence-electron chi connectivity index (χ1n) is 11.5. The molecule has 0 aliphatic rings. The van der Waals surface area contributed by atoms with E-state index in [0.29, 0.717) is 10.5 Å². The maximum Gasteiger partial charge on any atom is 0.326 e. The van der Waals surface area contributed by atoms with Gasteiger partial charge in [0.1, 0.15) is 6.54 Å². The molecule has 0 aliphatic carbocycles. The summed E-state index contributed by atoms with van der Waals surface area (Å²) in [5.41, 5.74) is 1.53. The molecule has 4 rings (SSSR count). The molecule has 0 saturated heterocycles. The molecule has 0 bridgehead atoms. The van der Waals surface area contributed by atoms with Crippen LogP contribution in [0.1, 0.15) is 24.2 Å². The Hall–Kier alpha value is -3.28. The molecule has 0 aliphatic heterocycles. The fraction of sp³-hybridized carbons (Fsp3) is 0.192. The molecular weight excluding hydrogens is 578 g/mol. The molecule has 37 heavy (non-hydrogen) atoms. The fourth-order valence-corrected chi connectivity index (χ4v) is 6.81. The zero-order chi connectivity index (χ0) is 26.6. The van der Waals surface area contributed by atoms with Crippen LogP contribution >= 0.6 is 27.3 Å². The lowest BCUT2D eigenvalue weighted by Crippen LogP contribution is -2.30. The maximum atomic E-state index is 13.2. The summed E-state index contributed by atoms with van der Waals surface area (Å²) in [7, 11) is -3.82. The minimum absolute atomic E-state index is 0.0684. The number of carbonyl (C=O) groups excluding carboxylic acids is 2. The van der Waals surface area contributed by atoms with Crippen molar-refractivity contribution in [3.05, 3.63) is 87.6 Å². The van der Waals surface area contributed by atoms with E-state index in [9.17, 15) is 18.0 Å². The van der Waals surface area contributed by atoms with Gasteiger partial charge in [0.15, 0.2) is 4.80 Å². The first kappa shape index (κ1) is 26.8. The molecule has 1 aromatic heterocycles. The second kappa shape index (κ2) is 11.4. The largest absolute Gasteiger partial charge is 0.465 e. The molecule has 0 atom stereocenters. The molecule has 0 fully saturated rings. The molecule has 1 heterocycles. The summed E-state index contributed by atoms with van der Waals surface area (Å²) in [4.78, 5) is 29.9. The van der Waals surface area contributed by atoms with Gasteiger partial charge in [-0.25, -0.2) is 8.42 Å². The average molecular weight is 603 g/mol. The van der Waals surface area contributed by atoms with Gasteiger partial charge in [-0.1, -0.05) is 45.5 Å². The molecule has 0 spiro atoms. The minimum atomic E-state index is -3.82. The Morgan fingerprint density at radius 1 is 1.03 bits per heavy atom. The predicted octanol–water partition coefficient (Wildman–Crippen LogP) is 4.98. The monoisotopic (exact) mass is 601 g/mol. The van der Waals surface area contributed by atoms with E-state index in [2.05, 4.69) is 20.9 Å². The molecule has 0 N–H and O–H groups in total. The van der Waals surface area contributed by atoms with Crippen LogP contribution in [-0.4, -0.2) is 38.0 Å². The highest BCUT2D eigenvalue weighted by molar-refractivity contribution is 9.10. The third kappa shape index (κ3) is 5.84. The summed E-state index contributed by atoms with van der Waals surface area (Å²) in [6, 6.07) is 20.1. The van der Waals surface area contributed by atoms with Gasteiger partial charge < -0.3 is 9.30 Å². The number of esters is 1. The number of amides is 1. The van der Waals surface area contributed by atoms with Crippen LogP contribution < -0.4 is 9.11 Å². The quantitative estimate of drug-likeness (QED) is 0.265. The van der Waals surface area contributed by atoms with E-state index in [1.54, 1.807) is 42.7 Å². The number of aromatic nitrogens is 1. The summed E-state index contributed by atoms with van der Waals surface area (Å²) in [6.45, 7) is 3.89. The Balaban J connectivity index is 1.67. The van der Waals surface area contributed by atoms with Crippen LogP contribution in [0.25, 0.3) is 10.2 Å². The van der Waals surface area contributed by atoms with E-state index in [1.165, 1.54) is 39.9 Å². The summed E-state index contributed by atoms with van der Waals surface area (Å²) in [5.74, 6) is -0.991. The molecule has 0 saturated carbocycles. The van der Waals surface area contributed by atoms with Crippen molar-refractivity contribution in [2.24, 2.45) is 4.99 Å². The predicted molar refractivity (Wildman–Crippen MR) is 147 cm³/mol. The highest BCUT2D eigenvalue weighted by Gasteiger charge is 2.24. The Morgan fingerprint density at radius 2 is 1.73 bits per heavy atom. The summed E-state index contributed by atoms with van der Waals surface area (Å²) < 4.78 is 36.2. The highest BCUT2D eigenvalue weighted by atomic mass is 79.9. The lowest BCUT2D eigenvalue weighted by Gasteiger charge is -2.22. The van der Waals surface area contributed by atoms with Crippen LogP contribution in [-0.2, 0) is 26.1 Å². The summed E-state index contributed by atoms with van der Waals surface area (Å²) in [5, 5.41) is 0. The van der Waals surface area contributed by atoms with Gasteiger partial charge in [0.05, 0.1) is 27.4 Å². The fourth-order valence-electron chi connectivity index (χ4n) is 3.75. The molecule has 1 amide bonds. The third-order valence-corrected chi connectivity index (χ3v) is 8.91. The van der Waals surface area contributed by atoms with E-state index < -0.39 is 21.9 Å². The number of ether oxygens (including phenoxy) is 1. The van der Waals surface area contributed by atoms with Crippen molar-refractivity contribution in [1.82, 2.24) is 4.57 Å². The Morgan fingerprint density at radius 3 is 2.38 bits per heavy atom. The van der Waals surface area contributed by atoms with Crippen LogP contribution in [0.5, 0.6) is 0 Å². The molecule has 0 unspecified atom stereocenters. The van der Waals surface area contributed by atoms with E-state index in [1.807, 2.05) is 24.3 Å². The lowest BCUT2D eigenvalue weighted by atomic mass is 10.2. The molecule has 8 nitrogen and oxygen atoms in total. The smallest absolute Gasteiger partial charge is 0.326 e. The number of para-hydroxylation sites is 1. The van der Waals surface area contributed by atoms with Crippen LogP contribution in [0, 0.1) is 0 Å². The normalized spacial score (nSPS) is 12.0. The van der Waals surface area contributed by atoms with E-state index >= 15 is 0 Å². The van der Waals surface area contributed by atoms with Crippen molar-refractivity contribution < 1.29 is 22.7 Å². The van der Waals surface area contributed by atoms with Crippen molar-refractivity contribution >= 4 is 65.1 Å². The van der Waals surface area contributed by atoms with E-state index in [-0.39, 0.29) is 30.2 Å². The summed E-state index contributed by atoms with van der Waals surface area (Å²) >= 11 is 4.71. The SMILES string of the molecule is CCOC(=O)Cn1c(=NC(=O)c2ccc(S(=O)(=O)N(CC)c3ccccc3)cc2)sc2cc(Br)ccc21. The first-order valence-corrected chi connectivity index (χ1v) is 14.5. The number of hydrogen-bond donors (Lipinski definition) is 0. The average Bonchev–Trinajstić information content (AvgIpc) is 3.20. The Labute approximate surface area is 227 Å². The number of anilines is 1. The topological polar surface area (TPSA) is 98.0 Å². The van der Waals surface area contributed by atoms with Gasteiger partial charge >= 0.3 is 5.97 Å². The molecule has 0 radical (unpaired) electrons. The molecular formula is C26H24BrN3O5S2. The second-order valence-corrected chi connectivity index (χ2v) is 11.6. The molecule has 4 aromatic rings. The van der Waals surface area contributed by atoms with Crippen LogP contribution in [0.15, 0.2) is 87.2 Å². The van der Waals surface area contributed by atoms with Crippen molar-refractivity contribution in [3.63, 3.8) is 0 Å². The van der Waals surface area contributed by atoms with Gasteiger partial charge in [0.2, 0.25) is 0 Å². The third-order valence-electron chi connectivity index (χ3n) is 5.46. The second-order valence-electron chi connectivity index (χ2n) is 7.83. The van der Waals surface area contributed by atoms with Crippen LogP contribution in [0.2, 0.25) is 0 Å². The number of hydrogen-bond acceptors (Lipinski definition) is 6. The van der Waals surface area contributed by atoms with Gasteiger partial charge in [-0.3, -0.25) is 13.9 Å². The number of thiazole rings is 1. The van der Waals surface area contributed by atoms with Crippen molar-refractivity contribution in [2.45, 2.75) is 25.3 Å². The molecule has 192 valence electrons. The standard InChI is InChI=1S/C26H24BrN3O5S2/c1-3-30(20-8-6-5-7-9-20)37(33,34)21-13-10-18(11-14-21)25(32)28-26-29(17-24(31)35-4-2)22-15-12-19(27)16-23(22)36-26/h5-16H,3-4,17H2,1-2H3. The van der Waals surface area contributed by atoms with Gasteiger partial charge in [-0.05, 0) is 68.4 Å². The molecule has 3 aromatic carbocycles. The number of carbonyl (C=O) groups is 2. The van der Waals surface area contributed by atoms with E-state index in [0.717, 1.165) is 14.7 Å². The zero-order valence-corrected chi connectivity index (χ0v) is 23.3. The van der Waals surface area contributed by atoms with Crippen LogP contribution in [0.4, 0.5) is 5.69 Å². The number of fused-ring (bicyclic) bond motifs is 1. The number of sulfonamides is 1. The van der Waals surface area contributed by atoms with Gasteiger partial charge in [-0.15, -0.1) is 0 Å². The van der Waals surface area contributed by atoms with Crippen molar-refractivity contribution in [2.75, 3.05) is 17.5 Å². The van der Waals surface area contributed by atoms with Crippen LogP contribution in [0.3, 0.4) is 0 Å². The number of rotatable bonds is 8. The summed E-state index contributed by atoms with van der Waals surface area (Å²) in [6.07, 6.45) is 0. The number of benzene rings is 3. The highest BCUT2D eigenvalue weighted by Crippen LogP contribution is 2.24. The number of halogens is 1.